The molecule has 1 aromatic rings. The maximum atomic E-state index is 12.7. The Morgan fingerprint density at radius 2 is 2.24 bits per heavy atom. The second kappa shape index (κ2) is 6.77. The van der Waals surface area contributed by atoms with E-state index in [0.717, 1.165) is 0 Å². The quantitative estimate of drug-likeness (QED) is 0.877. The Morgan fingerprint density at radius 1 is 1.52 bits per heavy atom. The second-order valence-corrected chi connectivity index (χ2v) is 6.22. The minimum atomic E-state index is -0.931. The van der Waals surface area contributed by atoms with Crippen LogP contribution in [-0.2, 0) is 9.53 Å². The van der Waals surface area contributed by atoms with Gasteiger partial charge in [-0.25, -0.2) is 0 Å². The number of benzene rings is 1. The van der Waals surface area contributed by atoms with Gasteiger partial charge in [-0.2, -0.15) is 0 Å². The van der Waals surface area contributed by atoms with Gasteiger partial charge in [0, 0.05) is 29.2 Å². The Morgan fingerprint density at radius 3 is 2.86 bits per heavy atom. The van der Waals surface area contributed by atoms with Crippen LogP contribution in [0.2, 0.25) is 5.02 Å². The molecule has 1 aliphatic heterocycles. The molecule has 2 unspecified atom stereocenters. The van der Waals surface area contributed by atoms with Crippen LogP contribution in [0.25, 0.3) is 0 Å². The summed E-state index contributed by atoms with van der Waals surface area (Å²) in [7, 11) is 1.56. The van der Waals surface area contributed by atoms with Crippen molar-refractivity contribution in [1.29, 1.82) is 0 Å². The van der Waals surface area contributed by atoms with E-state index in [0.29, 0.717) is 28.0 Å². The van der Waals surface area contributed by atoms with Gasteiger partial charge in [-0.1, -0.05) is 11.6 Å². The van der Waals surface area contributed by atoms with Crippen LogP contribution in [0.15, 0.2) is 22.7 Å². The molecule has 0 bridgehead atoms. The summed E-state index contributed by atoms with van der Waals surface area (Å²) < 4.78 is 5.90. The summed E-state index contributed by atoms with van der Waals surface area (Å²) in [5.41, 5.74) is 0.426. The van der Waals surface area contributed by atoms with Crippen molar-refractivity contribution >= 4 is 39.4 Å². The predicted octanol–water partition coefficient (Wildman–Crippen LogP) is 2.81. The number of likely N-dealkylation sites (tertiary alicyclic amines) is 1. The minimum Gasteiger partial charge on any atom is -0.481 e. The van der Waals surface area contributed by atoms with Gasteiger partial charge in [-0.3, -0.25) is 9.59 Å². The van der Waals surface area contributed by atoms with Gasteiger partial charge in [-0.05, 0) is 40.5 Å². The van der Waals surface area contributed by atoms with E-state index in [1.165, 1.54) is 0 Å². The number of carboxylic acids is 1. The number of halogens is 2. The zero-order chi connectivity index (χ0) is 15.6. The number of rotatable bonds is 4. The van der Waals surface area contributed by atoms with Crippen molar-refractivity contribution in [1.82, 2.24) is 4.90 Å². The number of carboxylic acid groups (broad SMARTS) is 1. The van der Waals surface area contributed by atoms with Gasteiger partial charge in [-0.15, -0.1) is 0 Å². The molecular formula is C14H15BrClNO4. The monoisotopic (exact) mass is 375 g/mol. The molecular weight excluding hydrogens is 362 g/mol. The highest BCUT2D eigenvalue weighted by molar-refractivity contribution is 9.10. The molecule has 7 heteroatoms. The number of hydrogen-bond donors (Lipinski definition) is 1. The van der Waals surface area contributed by atoms with E-state index < -0.39 is 5.97 Å². The number of nitrogens with zero attached hydrogens (tertiary/aromatic N) is 1. The lowest BCUT2D eigenvalue weighted by Gasteiger charge is -2.23. The number of hydrogen-bond acceptors (Lipinski definition) is 3. The van der Waals surface area contributed by atoms with Gasteiger partial charge in [0.25, 0.3) is 5.91 Å². The zero-order valence-corrected chi connectivity index (χ0v) is 13.7. The Labute approximate surface area is 136 Å². The summed E-state index contributed by atoms with van der Waals surface area (Å²) >= 11 is 9.26. The van der Waals surface area contributed by atoms with Gasteiger partial charge < -0.3 is 14.7 Å². The fraction of sp³-hybridized carbons (Fsp3) is 0.429. The summed E-state index contributed by atoms with van der Waals surface area (Å²) in [5, 5.41) is 9.45. The number of ether oxygens (including phenoxy) is 1. The summed E-state index contributed by atoms with van der Waals surface area (Å²) in [5.74, 6) is -1.17. The molecule has 0 saturated carbocycles. The number of amides is 1. The molecule has 21 heavy (non-hydrogen) atoms. The Hall–Kier alpha value is -1.11. The first-order chi connectivity index (χ1) is 9.92. The number of carbonyl (C=O) groups is 2. The predicted molar refractivity (Wildman–Crippen MR) is 81.6 cm³/mol. The molecule has 0 spiro atoms. The van der Waals surface area contributed by atoms with E-state index in [-0.39, 0.29) is 24.5 Å². The molecule has 0 aromatic heterocycles. The fourth-order valence-corrected chi connectivity index (χ4v) is 3.09. The van der Waals surface area contributed by atoms with Crippen LogP contribution in [-0.4, -0.2) is 47.7 Å². The van der Waals surface area contributed by atoms with E-state index in [9.17, 15) is 9.59 Å². The lowest BCUT2D eigenvalue weighted by molar-refractivity contribution is -0.137. The molecule has 114 valence electrons. The smallest absolute Gasteiger partial charge is 0.305 e. The molecule has 1 N–H and O–H groups in total. The SMILES string of the molecule is COC1CC(CC(=O)O)N(C(=O)c2cc(Cl)ccc2Br)C1. The van der Waals surface area contributed by atoms with Gasteiger partial charge in [0.2, 0.25) is 0 Å². The lowest BCUT2D eigenvalue weighted by Crippen LogP contribution is -2.37. The Kier molecular flexibility index (Phi) is 5.24. The second-order valence-electron chi connectivity index (χ2n) is 4.93. The van der Waals surface area contributed by atoms with Crippen molar-refractivity contribution in [2.75, 3.05) is 13.7 Å². The Bertz CT molecular complexity index is 566. The molecule has 1 aliphatic rings. The first-order valence-electron chi connectivity index (χ1n) is 6.43. The van der Waals surface area contributed by atoms with Crippen LogP contribution in [0, 0.1) is 0 Å². The standard InChI is InChI=1S/C14H15BrClNO4/c1-21-10-5-9(6-13(18)19)17(7-10)14(20)11-4-8(16)2-3-12(11)15/h2-4,9-10H,5-7H2,1H3,(H,18,19). The highest BCUT2D eigenvalue weighted by atomic mass is 79.9. The highest BCUT2D eigenvalue weighted by Gasteiger charge is 2.37. The number of methoxy groups -OCH3 is 1. The third-order valence-corrected chi connectivity index (χ3v) is 4.47. The molecule has 0 radical (unpaired) electrons. The van der Waals surface area contributed by atoms with Crippen LogP contribution in [0.3, 0.4) is 0 Å². The van der Waals surface area contributed by atoms with Crippen LogP contribution in [0.4, 0.5) is 0 Å². The van der Waals surface area contributed by atoms with Crippen molar-refractivity contribution in [3.05, 3.63) is 33.3 Å². The van der Waals surface area contributed by atoms with Crippen LogP contribution < -0.4 is 0 Å². The van der Waals surface area contributed by atoms with Gasteiger partial charge in [0.05, 0.1) is 18.1 Å². The number of carbonyl (C=O) groups excluding carboxylic acids is 1. The Balaban J connectivity index is 2.26. The maximum absolute atomic E-state index is 12.7. The minimum absolute atomic E-state index is 0.0935. The first-order valence-corrected chi connectivity index (χ1v) is 7.60. The largest absolute Gasteiger partial charge is 0.481 e. The van der Waals surface area contributed by atoms with E-state index in [1.807, 2.05) is 0 Å². The summed E-state index contributed by atoms with van der Waals surface area (Å²) in [6.45, 7) is 0.381. The van der Waals surface area contributed by atoms with Crippen molar-refractivity contribution in [3.8, 4) is 0 Å². The molecule has 1 saturated heterocycles. The molecule has 2 rings (SSSR count). The molecule has 1 fully saturated rings. The molecule has 1 heterocycles. The van der Waals surface area contributed by atoms with Crippen LogP contribution >= 0.6 is 27.5 Å². The molecule has 0 aliphatic carbocycles. The van der Waals surface area contributed by atoms with Gasteiger partial charge in [0.15, 0.2) is 0 Å². The van der Waals surface area contributed by atoms with Crippen molar-refractivity contribution in [2.45, 2.75) is 25.0 Å². The number of aliphatic carboxylic acids is 1. The normalized spacial score (nSPS) is 21.6. The van der Waals surface area contributed by atoms with Crippen molar-refractivity contribution in [3.63, 3.8) is 0 Å². The average molecular weight is 377 g/mol. The molecule has 1 amide bonds. The third kappa shape index (κ3) is 3.75. The van der Waals surface area contributed by atoms with Gasteiger partial charge >= 0.3 is 5.97 Å². The molecule has 5 nitrogen and oxygen atoms in total. The fourth-order valence-electron chi connectivity index (χ4n) is 2.50. The zero-order valence-electron chi connectivity index (χ0n) is 11.4. The van der Waals surface area contributed by atoms with E-state index in [4.69, 9.17) is 21.4 Å². The molecule has 1 aromatic carbocycles. The van der Waals surface area contributed by atoms with Crippen molar-refractivity contribution < 1.29 is 19.4 Å². The van der Waals surface area contributed by atoms with E-state index in [1.54, 1.807) is 30.2 Å². The van der Waals surface area contributed by atoms with Gasteiger partial charge in [0.1, 0.15) is 0 Å². The average Bonchev–Trinajstić information content (AvgIpc) is 2.83. The summed E-state index contributed by atoms with van der Waals surface area (Å²) in [6.07, 6.45) is 0.285. The van der Waals surface area contributed by atoms with Crippen LogP contribution in [0.5, 0.6) is 0 Å². The third-order valence-electron chi connectivity index (χ3n) is 3.54. The molecule has 2 atom stereocenters. The van der Waals surface area contributed by atoms with Crippen molar-refractivity contribution in [2.24, 2.45) is 0 Å². The van der Waals surface area contributed by atoms with Crippen LogP contribution in [0.1, 0.15) is 23.2 Å². The summed E-state index contributed by atoms with van der Waals surface area (Å²) in [6, 6.07) is 4.59. The first kappa shape index (κ1) is 16.3. The highest BCUT2D eigenvalue weighted by Crippen LogP contribution is 2.28. The van der Waals surface area contributed by atoms with E-state index >= 15 is 0 Å². The summed E-state index contributed by atoms with van der Waals surface area (Å²) in [4.78, 5) is 25.2. The van der Waals surface area contributed by atoms with E-state index in [2.05, 4.69) is 15.9 Å². The topological polar surface area (TPSA) is 66.8 Å². The maximum Gasteiger partial charge on any atom is 0.305 e. The lowest BCUT2D eigenvalue weighted by atomic mass is 10.1.